The molecule has 1 atom stereocenters. The summed E-state index contributed by atoms with van der Waals surface area (Å²) in [5.41, 5.74) is 0.496. The fourth-order valence-corrected chi connectivity index (χ4v) is 4.27. The second kappa shape index (κ2) is 6.40. The van der Waals surface area contributed by atoms with Gasteiger partial charge in [-0.2, -0.15) is 0 Å². The van der Waals surface area contributed by atoms with Gasteiger partial charge in [0.15, 0.2) is 10.9 Å². The van der Waals surface area contributed by atoms with Crippen LogP contribution < -0.4 is 4.90 Å². The molecule has 130 valence electrons. The summed E-state index contributed by atoms with van der Waals surface area (Å²) < 4.78 is 0. The molecule has 1 aliphatic heterocycles. The first-order valence-corrected chi connectivity index (χ1v) is 9.37. The normalized spacial score (nSPS) is 17.2. The monoisotopic (exact) mass is 384 g/mol. The number of hydrogen-bond donors (Lipinski definition) is 2. The maximum Gasteiger partial charge on any atom is 0.296 e. The second-order valence-corrected chi connectivity index (χ2v) is 7.38. The fourth-order valence-electron chi connectivity index (χ4n) is 2.92. The molecule has 0 saturated heterocycles. The lowest BCUT2D eigenvalue weighted by molar-refractivity contribution is -0.117. The molecule has 2 N–H and O–H groups in total. The van der Waals surface area contributed by atoms with E-state index < -0.39 is 23.5 Å². The van der Waals surface area contributed by atoms with Gasteiger partial charge in [0.05, 0.1) is 16.5 Å². The van der Waals surface area contributed by atoms with E-state index in [0.29, 0.717) is 15.6 Å². The number of rotatable bonds is 4. The Labute approximate surface area is 156 Å². The van der Waals surface area contributed by atoms with Crippen molar-refractivity contribution < 1.29 is 19.8 Å². The Morgan fingerprint density at radius 2 is 1.96 bits per heavy atom. The number of Topliss-reactive ketones (excluding diaryl/α,β-unsaturated/α-hetero) is 1. The zero-order chi connectivity index (χ0) is 18.3. The van der Waals surface area contributed by atoms with E-state index in [1.54, 1.807) is 41.2 Å². The average Bonchev–Trinajstić information content (AvgIpc) is 3.37. The van der Waals surface area contributed by atoms with Crippen LogP contribution in [0.5, 0.6) is 5.75 Å². The molecular formula is C18H12N2O4S2. The maximum atomic E-state index is 13.0. The van der Waals surface area contributed by atoms with Crippen LogP contribution in [-0.2, 0) is 4.79 Å². The first-order chi connectivity index (χ1) is 12.6. The molecule has 1 aromatic carbocycles. The number of aliphatic hydroxyl groups excluding tert-OH is 1. The van der Waals surface area contributed by atoms with Crippen LogP contribution >= 0.6 is 22.7 Å². The van der Waals surface area contributed by atoms with Crippen molar-refractivity contribution in [3.05, 3.63) is 75.1 Å². The van der Waals surface area contributed by atoms with E-state index in [1.807, 2.05) is 0 Å². The van der Waals surface area contributed by atoms with E-state index in [0.717, 1.165) is 0 Å². The number of anilines is 1. The highest BCUT2D eigenvalue weighted by molar-refractivity contribution is 7.14. The molecule has 0 aliphatic carbocycles. The third-order valence-corrected chi connectivity index (χ3v) is 5.65. The number of phenols is 1. The largest absolute Gasteiger partial charge is 0.508 e. The smallest absolute Gasteiger partial charge is 0.296 e. The van der Waals surface area contributed by atoms with Gasteiger partial charge in [-0.3, -0.25) is 14.5 Å². The number of aromatic hydroxyl groups is 1. The number of aromatic nitrogens is 1. The van der Waals surface area contributed by atoms with E-state index in [1.165, 1.54) is 39.7 Å². The number of amides is 1. The Kier molecular flexibility index (Phi) is 4.06. The molecule has 3 aromatic rings. The van der Waals surface area contributed by atoms with Crippen LogP contribution in [0.1, 0.15) is 21.3 Å². The Morgan fingerprint density at radius 1 is 1.12 bits per heavy atom. The molecule has 0 bridgehead atoms. The predicted octanol–water partition coefficient (Wildman–Crippen LogP) is 3.69. The van der Waals surface area contributed by atoms with E-state index in [-0.39, 0.29) is 11.3 Å². The Hall–Kier alpha value is -2.97. The van der Waals surface area contributed by atoms with Crippen molar-refractivity contribution in [1.29, 1.82) is 0 Å². The summed E-state index contributed by atoms with van der Waals surface area (Å²) in [6.07, 6.45) is 1.54. The van der Waals surface area contributed by atoms with Crippen molar-refractivity contribution in [2.24, 2.45) is 0 Å². The molecule has 8 heteroatoms. The number of thiophene rings is 1. The SMILES string of the molecule is O=C(C1=C(O)C(=O)N(c2nccs2)[C@@H]1c1cccc(O)c1)c1cccs1. The van der Waals surface area contributed by atoms with Crippen molar-refractivity contribution in [2.45, 2.75) is 6.04 Å². The predicted molar refractivity (Wildman–Crippen MR) is 98.8 cm³/mol. The first kappa shape index (κ1) is 16.5. The number of nitrogens with zero attached hydrogens (tertiary/aromatic N) is 2. The number of carbonyl (C=O) groups excluding carboxylic acids is 2. The van der Waals surface area contributed by atoms with Crippen LogP contribution in [0.2, 0.25) is 0 Å². The summed E-state index contributed by atoms with van der Waals surface area (Å²) in [4.78, 5) is 31.6. The molecule has 1 amide bonds. The highest BCUT2D eigenvalue weighted by Gasteiger charge is 2.45. The van der Waals surface area contributed by atoms with Gasteiger partial charge in [0.25, 0.3) is 5.91 Å². The van der Waals surface area contributed by atoms with Crippen molar-refractivity contribution in [3.8, 4) is 5.75 Å². The number of hydrogen-bond acceptors (Lipinski definition) is 7. The Morgan fingerprint density at radius 3 is 2.62 bits per heavy atom. The summed E-state index contributed by atoms with van der Waals surface area (Å²) in [7, 11) is 0. The molecule has 1 aliphatic rings. The van der Waals surface area contributed by atoms with Gasteiger partial charge in [-0.05, 0) is 29.1 Å². The van der Waals surface area contributed by atoms with Gasteiger partial charge in [-0.1, -0.05) is 18.2 Å². The van der Waals surface area contributed by atoms with E-state index >= 15 is 0 Å². The summed E-state index contributed by atoms with van der Waals surface area (Å²) >= 11 is 2.46. The minimum Gasteiger partial charge on any atom is -0.508 e. The van der Waals surface area contributed by atoms with Gasteiger partial charge in [0.1, 0.15) is 5.75 Å². The van der Waals surface area contributed by atoms with Gasteiger partial charge in [-0.25, -0.2) is 4.98 Å². The summed E-state index contributed by atoms with van der Waals surface area (Å²) in [6.45, 7) is 0. The highest BCUT2D eigenvalue weighted by Crippen LogP contribution is 2.43. The van der Waals surface area contributed by atoms with Crippen molar-refractivity contribution >= 4 is 39.5 Å². The summed E-state index contributed by atoms with van der Waals surface area (Å²) in [5, 5.41) is 24.2. The van der Waals surface area contributed by atoms with Crippen LogP contribution in [0.25, 0.3) is 0 Å². The van der Waals surface area contributed by atoms with Gasteiger partial charge < -0.3 is 10.2 Å². The van der Waals surface area contributed by atoms with E-state index in [9.17, 15) is 19.8 Å². The van der Waals surface area contributed by atoms with Crippen molar-refractivity contribution in [1.82, 2.24) is 4.98 Å². The molecule has 0 radical (unpaired) electrons. The zero-order valence-electron chi connectivity index (χ0n) is 13.2. The van der Waals surface area contributed by atoms with Gasteiger partial charge in [0, 0.05) is 11.6 Å². The lowest BCUT2D eigenvalue weighted by Gasteiger charge is -2.24. The van der Waals surface area contributed by atoms with Crippen LogP contribution in [0, 0.1) is 0 Å². The van der Waals surface area contributed by atoms with Crippen molar-refractivity contribution in [2.75, 3.05) is 4.90 Å². The molecule has 0 saturated carbocycles. The standard InChI is InChI=1S/C18H12N2O4S2/c21-11-4-1-3-10(9-11)14-13(15(22)12-5-2-7-25-12)16(23)17(24)20(14)18-19-6-8-26-18/h1-9,14,21,23H/t14-/m1/s1. The third-order valence-electron chi connectivity index (χ3n) is 4.01. The molecule has 0 unspecified atom stereocenters. The summed E-state index contributed by atoms with van der Waals surface area (Å²) in [5.74, 6) is -1.69. The minimum absolute atomic E-state index is 0.00310. The van der Waals surface area contributed by atoms with Crippen LogP contribution in [0.3, 0.4) is 0 Å². The maximum absolute atomic E-state index is 13.0. The molecule has 0 spiro atoms. The average molecular weight is 384 g/mol. The molecule has 0 fully saturated rings. The highest BCUT2D eigenvalue weighted by atomic mass is 32.1. The van der Waals surface area contributed by atoms with Gasteiger partial charge in [0.2, 0.25) is 5.78 Å². The van der Waals surface area contributed by atoms with E-state index in [4.69, 9.17) is 0 Å². The number of phenolic OH excluding ortho intramolecular Hbond substituents is 1. The third kappa shape index (κ3) is 2.59. The number of carbonyl (C=O) groups is 2. The second-order valence-electron chi connectivity index (χ2n) is 5.56. The van der Waals surface area contributed by atoms with Gasteiger partial charge in [-0.15, -0.1) is 22.7 Å². The lowest BCUT2D eigenvalue weighted by Crippen LogP contribution is -2.30. The van der Waals surface area contributed by atoms with Crippen LogP contribution in [-0.4, -0.2) is 26.9 Å². The topological polar surface area (TPSA) is 90.7 Å². The molecule has 26 heavy (non-hydrogen) atoms. The molecular weight excluding hydrogens is 372 g/mol. The molecule has 2 aromatic heterocycles. The fraction of sp³-hybridized carbons (Fsp3) is 0.0556. The molecule has 6 nitrogen and oxygen atoms in total. The van der Waals surface area contributed by atoms with Crippen molar-refractivity contribution in [3.63, 3.8) is 0 Å². The van der Waals surface area contributed by atoms with Crippen LogP contribution in [0.15, 0.2) is 64.7 Å². The number of benzene rings is 1. The molecule has 4 rings (SSSR count). The van der Waals surface area contributed by atoms with Gasteiger partial charge >= 0.3 is 0 Å². The number of ketones is 1. The molecule has 3 heterocycles. The Balaban J connectivity index is 1.89. The quantitative estimate of drug-likeness (QED) is 0.670. The van der Waals surface area contributed by atoms with Crippen LogP contribution in [0.4, 0.5) is 5.13 Å². The Bertz CT molecular complexity index is 1010. The summed E-state index contributed by atoms with van der Waals surface area (Å²) in [6, 6.07) is 8.79. The number of aliphatic hydroxyl groups is 1. The lowest BCUT2D eigenvalue weighted by atomic mass is 9.95. The number of thiazole rings is 1. The van der Waals surface area contributed by atoms with E-state index in [2.05, 4.69) is 4.98 Å². The minimum atomic E-state index is -0.865. The first-order valence-electron chi connectivity index (χ1n) is 7.61. The zero-order valence-corrected chi connectivity index (χ0v) is 14.8.